The molecule has 1 fully saturated rings. The Labute approximate surface area is 80.3 Å². The number of hydrogen-bond donors (Lipinski definition) is 0. The first kappa shape index (κ1) is 9.16. The van der Waals surface area contributed by atoms with Crippen LogP contribution in [0.4, 0.5) is 0 Å². The van der Waals surface area contributed by atoms with Crippen molar-refractivity contribution in [3.8, 4) is 0 Å². The predicted molar refractivity (Wildman–Crippen MR) is 48.6 cm³/mol. The van der Waals surface area contributed by atoms with E-state index in [1.807, 2.05) is 0 Å². The second-order valence-corrected chi connectivity index (χ2v) is 11.5. The summed E-state index contributed by atoms with van der Waals surface area (Å²) in [6.45, 7) is 5.85. The van der Waals surface area contributed by atoms with E-state index < -0.39 is 8.80 Å². The first-order valence-electron chi connectivity index (χ1n) is 4.01. The van der Waals surface area contributed by atoms with Crippen molar-refractivity contribution in [3.63, 3.8) is 0 Å². The molecule has 0 radical (unpaired) electrons. The van der Waals surface area contributed by atoms with Gasteiger partial charge < -0.3 is 0 Å². The van der Waals surface area contributed by atoms with Gasteiger partial charge in [-0.1, -0.05) is 0 Å². The summed E-state index contributed by atoms with van der Waals surface area (Å²) in [4.78, 5) is 0. The van der Waals surface area contributed by atoms with E-state index in [0.29, 0.717) is 2.88 Å². The second-order valence-electron chi connectivity index (χ2n) is 3.31. The quantitative estimate of drug-likeness (QED) is 0.634. The maximum atomic E-state index is 5.84. The first-order chi connectivity index (χ1) is 4.65. The summed E-state index contributed by atoms with van der Waals surface area (Å²) in [5.41, 5.74) is 0. The van der Waals surface area contributed by atoms with Crippen LogP contribution >= 0.6 is 0 Å². The monoisotopic (exact) mass is 353 g/mol. The van der Waals surface area contributed by atoms with E-state index in [-0.39, 0.29) is 0 Å². The summed E-state index contributed by atoms with van der Waals surface area (Å²) < 4.78 is 6.27. The summed E-state index contributed by atoms with van der Waals surface area (Å²) in [5.74, 6) is 0. The molecule has 0 aromatic rings. The predicted octanol–water partition coefficient (Wildman–Crippen LogP) is 0.810. The Morgan fingerprint density at radius 2 is 2.10 bits per heavy atom. The molecular formula is C7H16OPoSi. The van der Waals surface area contributed by atoms with E-state index in [1.165, 1.54) is 44.3 Å². The van der Waals surface area contributed by atoms with Gasteiger partial charge >= 0.3 is 80.4 Å². The van der Waals surface area contributed by atoms with Gasteiger partial charge in [-0.2, -0.15) is 0 Å². The van der Waals surface area contributed by atoms with E-state index >= 15 is 0 Å². The van der Waals surface area contributed by atoms with Crippen LogP contribution < -0.4 is 0 Å². The molecule has 3 heteroatoms. The Balaban J connectivity index is 2.48. The fourth-order valence-corrected chi connectivity index (χ4v) is 3.46. The molecule has 0 spiro atoms. The van der Waals surface area contributed by atoms with Crippen molar-refractivity contribution in [3.05, 3.63) is 0 Å². The zero-order valence-corrected chi connectivity index (χ0v) is 11.4. The molecule has 1 aliphatic heterocycles. The third-order valence-electron chi connectivity index (χ3n) is 2.18. The second kappa shape index (κ2) is 3.65. The fourth-order valence-electron chi connectivity index (χ4n) is 1.26. The minimum absolute atomic E-state index is 0.429. The van der Waals surface area contributed by atoms with Crippen LogP contribution in [0.2, 0.25) is 13.1 Å². The Bertz CT molecular complexity index is 110. The summed E-state index contributed by atoms with van der Waals surface area (Å²) in [6.07, 6.45) is 4.05. The topological polar surface area (TPSA) is 9.23 Å². The Morgan fingerprint density at radius 3 is 2.40 bits per heavy atom. The third kappa shape index (κ3) is 2.03. The van der Waals surface area contributed by atoms with Gasteiger partial charge in [-0.05, 0) is 0 Å². The Hall–Kier alpha value is 1.07. The third-order valence-corrected chi connectivity index (χ3v) is 11.8. The van der Waals surface area contributed by atoms with Gasteiger partial charge in [-0.3, -0.25) is 0 Å². The van der Waals surface area contributed by atoms with Gasteiger partial charge in [0.2, 0.25) is 0 Å². The number of rotatable bonds is 1. The molecule has 0 aromatic carbocycles. The van der Waals surface area contributed by atoms with Gasteiger partial charge in [0.15, 0.2) is 0 Å². The SMILES string of the molecule is C[SiH](C)[C]1([PoH])CCCCO1. The van der Waals surface area contributed by atoms with Crippen LogP contribution in [0.1, 0.15) is 19.3 Å². The normalized spacial score (nSPS) is 34.8. The number of ether oxygens (including phenoxy) is 1. The molecule has 60 valence electrons. The molecule has 0 aliphatic carbocycles. The van der Waals surface area contributed by atoms with Crippen LogP contribution in [0.5, 0.6) is 0 Å². The van der Waals surface area contributed by atoms with Gasteiger partial charge in [0.1, 0.15) is 0 Å². The van der Waals surface area contributed by atoms with Crippen LogP contribution in [0.3, 0.4) is 0 Å². The van der Waals surface area contributed by atoms with Crippen molar-refractivity contribution in [1.29, 1.82) is 0 Å². The van der Waals surface area contributed by atoms with Crippen molar-refractivity contribution >= 4 is 33.9 Å². The minimum atomic E-state index is -0.540. The molecule has 1 saturated heterocycles. The molecule has 0 N–H and O–H groups in total. The van der Waals surface area contributed by atoms with E-state index in [4.69, 9.17) is 4.74 Å². The average Bonchev–Trinajstić information content (AvgIpc) is 1.89. The molecule has 0 saturated carbocycles. The van der Waals surface area contributed by atoms with E-state index in [1.54, 1.807) is 0 Å². The first-order valence-corrected chi connectivity index (χ1v) is 8.64. The van der Waals surface area contributed by atoms with E-state index in [9.17, 15) is 0 Å². The van der Waals surface area contributed by atoms with Crippen LogP contribution in [-0.4, -0.2) is 43.4 Å². The summed E-state index contributed by atoms with van der Waals surface area (Å²) in [6, 6.07) is 0. The van der Waals surface area contributed by atoms with Gasteiger partial charge in [0.05, 0.1) is 0 Å². The summed E-state index contributed by atoms with van der Waals surface area (Å²) in [7, 11) is -0.540. The molecule has 1 aliphatic rings. The van der Waals surface area contributed by atoms with E-state index in [2.05, 4.69) is 13.1 Å². The van der Waals surface area contributed by atoms with Gasteiger partial charge in [-0.15, -0.1) is 0 Å². The van der Waals surface area contributed by atoms with Crippen molar-refractivity contribution in [2.75, 3.05) is 6.61 Å². The standard InChI is InChI=1S/C7H15OSi.Po.H/c1-9(2)7-5-3-4-6-8-7;;/h9H,3-6H2,1-2H3;;. The van der Waals surface area contributed by atoms with E-state index in [0.717, 1.165) is 6.61 Å². The molecule has 1 unspecified atom stereocenters. The summed E-state index contributed by atoms with van der Waals surface area (Å²) in [5, 5.41) is 0. The zero-order chi connectivity index (χ0) is 7.61. The molecule has 0 bridgehead atoms. The van der Waals surface area contributed by atoms with Gasteiger partial charge in [0.25, 0.3) is 0 Å². The van der Waals surface area contributed by atoms with Crippen LogP contribution in [0.15, 0.2) is 0 Å². The summed E-state index contributed by atoms with van der Waals surface area (Å²) >= 11 is 1.46. The molecule has 0 aromatic heterocycles. The molecular weight excluding hydrogens is 337 g/mol. The van der Waals surface area contributed by atoms with Gasteiger partial charge in [-0.25, -0.2) is 0 Å². The molecule has 10 heavy (non-hydrogen) atoms. The molecule has 1 rings (SSSR count). The fraction of sp³-hybridized carbons (Fsp3) is 1.00. The zero-order valence-electron chi connectivity index (χ0n) is 6.76. The molecule has 0 amide bonds. The molecule has 1 nitrogen and oxygen atoms in total. The van der Waals surface area contributed by atoms with Crippen molar-refractivity contribution < 1.29 is 4.74 Å². The number of hydrogen-bond acceptors (Lipinski definition) is 1. The van der Waals surface area contributed by atoms with Crippen LogP contribution in [-0.2, 0) is 4.74 Å². The molecule has 1 atom stereocenters. The van der Waals surface area contributed by atoms with Crippen LogP contribution in [0.25, 0.3) is 0 Å². The van der Waals surface area contributed by atoms with Gasteiger partial charge in [0, 0.05) is 0 Å². The van der Waals surface area contributed by atoms with Crippen molar-refractivity contribution in [2.45, 2.75) is 35.2 Å². The van der Waals surface area contributed by atoms with Crippen molar-refractivity contribution in [2.24, 2.45) is 0 Å². The average molecular weight is 353 g/mol. The Kier molecular flexibility index (Phi) is 3.34. The van der Waals surface area contributed by atoms with Crippen LogP contribution in [0, 0.1) is 0 Å². The maximum absolute atomic E-state index is 5.84. The Morgan fingerprint density at radius 1 is 1.40 bits per heavy atom. The molecule has 1 heterocycles. The van der Waals surface area contributed by atoms with Crippen molar-refractivity contribution in [1.82, 2.24) is 0 Å².